The van der Waals surface area contributed by atoms with Gasteiger partial charge in [0.2, 0.25) is 5.91 Å². The van der Waals surface area contributed by atoms with Crippen molar-refractivity contribution in [2.75, 3.05) is 16.2 Å². The molecule has 32 heavy (non-hydrogen) atoms. The molecular formula is C21H20F3N3O4S. The number of carbonyl (C=O) groups is 1. The highest BCUT2D eigenvalue weighted by Crippen LogP contribution is 2.33. The van der Waals surface area contributed by atoms with Crippen LogP contribution in [0.4, 0.5) is 24.7 Å². The first-order valence-electron chi connectivity index (χ1n) is 9.38. The van der Waals surface area contributed by atoms with Crippen LogP contribution in [0.2, 0.25) is 0 Å². The molecule has 1 aromatic heterocycles. The number of hydrogen-bond donors (Lipinski definition) is 1. The third-order valence-electron chi connectivity index (χ3n) is 4.56. The Morgan fingerprint density at radius 1 is 1.09 bits per heavy atom. The predicted molar refractivity (Wildman–Crippen MR) is 112 cm³/mol. The van der Waals surface area contributed by atoms with Crippen molar-refractivity contribution in [1.82, 2.24) is 5.16 Å². The molecular weight excluding hydrogens is 447 g/mol. The Morgan fingerprint density at radius 3 is 2.44 bits per heavy atom. The van der Waals surface area contributed by atoms with Crippen molar-refractivity contribution in [2.24, 2.45) is 0 Å². The van der Waals surface area contributed by atoms with Crippen LogP contribution in [0.5, 0.6) is 0 Å². The maximum absolute atomic E-state index is 13.5. The number of benzene rings is 2. The van der Waals surface area contributed by atoms with Gasteiger partial charge in [-0.1, -0.05) is 23.4 Å². The van der Waals surface area contributed by atoms with Crippen LogP contribution in [0.25, 0.3) is 0 Å². The molecule has 0 fully saturated rings. The normalized spacial score (nSPS) is 11.9. The number of nitrogens with one attached hydrogen (secondary N) is 1. The molecule has 2 aromatic carbocycles. The van der Waals surface area contributed by atoms with Crippen LogP contribution in [-0.2, 0) is 21.0 Å². The minimum Gasteiger partial charge on any atom is -0.360 e. The van der Waals surface area contributed by atoms with Crippen molar-refractivity contribution in [3.05, 3.63) is 71.0 Å². The Hall–Kier alpha value is -3.34. The van der Waals surface area contributed by atoms with E-state index >= 15 is 0 Å². The lowest BCUT2D eigenvalue weighted by Crippen LogP contribution is -2.38. The lowest BCUT2D eigenvalue weighted by molar-refractivity contribution is -0.137. The van der Waals surface area contributed by atoms with E-state index < -0.39 is 34.2 Å². The number of anilines is 2. The molecule has 0 saturated heterocycles. The molecule has 3 aromatic rings. The minimum absolute atomic E-state index is 0.0561. The number of carbonyl (C=O) groups excluding carboxylic acids is 1. The summed E-state index contributed by atoms with van der Waals surface area (Å²) in [7, 11) is -4.39. The monoisotopic (exact) mass is 467 g/mol. The summed E-state index contributed by atoms with van der Waals surface area (Å²) in [6, 6.07) is 9.93. The molecule has 0 aliphatic rings. The van der Waals surface area contributed by atoms with Crippen LogP contribution in [0.3, 0.4) is 0 Å². The van der Waals surface area contributed by atoms with E-state index in [4.69, 9.17) is 4.52 Å². The van der Waals surface area contributed by atoms with Gasteiger partial charge in [-0.25, -0.2) is 8.42 Å². The first-order valence-corrected chi connectivity index (χ1v) is 10.8. The number of aromatic nitrogens is 1. The second kappa shape index (κ2) is 8.65. The first kappa shape index (κ1) is 23.3. The van der Waals surface area contributed by atoms with Crippen molar-refractivity contribution in [1.29, 1.82) is 0 Å². The van der Waals surface area contributed by atoms with E-state index in [9.17, 15) is 26.4 Å². The van der Waals surface area contributed by atoms with Crippen LogP contribution >= 0.6 is 0 Å². The number of sulfonamides is 1. The van der Waals surface area contributed by atoms with Crippen LogP contribution < -0.4 is 9.62 Å². The van der Waals surface area contributed by atoms with Gasteiger partial charge in [-0.3, -0.25) is 9.10 Å². The molecule has 1 heterocycles. The van der Waals surface area contributed by atoms with Crippen molar-refractivity contribution < 1.29 is 30.9 Å². The minimum atomic E-state index is -4.69. The fourth-order valence-corrected chi connectivity index (χ4v) is 4.72. The van der Waals surface area contributed by atoms with Gasteiger partial charge in [-0.15, -0.1) is 0 Å². The molecule has 170 valence electrons. The van der Waals surface area contributed by atoms with Crippen LogP contribution in [0, 0.1) is 20.8 Å². The molecule has 0 spiro atoms. The van der Waals surface area contributed by atoms with E-state index in [-0.39, 0.29) is 16.4 Å². The molecule has 7 nitrogen and oxygen atoms in total. The zero-order valence-corrected chi connectivity index (χ0v) is 18.2. The van der Waals surface area contributed by atoms with E-state index in [1.807, 2.05) is 0 Å². The topological polar surface area (TPSA) is 92.5 Å². The summed E-state index contributed by atoms with van der Waals surface area (Å²) in [6.45, 7) is 4.08. The molecule has 11 heteroatoms. The lowest BCUT2D eigenvalue weighted by Gasteiger charge is -2.25. The zero-order chi connectivity index (χ0) is 23.7. The van der Waals surface area contributed by atoms with Crippen molar-refractivity contribution in [3.8, 4) is 0 Å². The molecule has 0 radical (unpaired) electrons. The van der Waals surface area contributed by atoms with Crippen molar-refractivity contribution in [2.45, 2.75) is 31.8 Å². The molecule has 1 amide bonds. The van der Waals surface area contributed by atoms with Crippen LogP contribution in [-0.4, -0.2) is 26.0 Å². The highest BCUT2D eigenvalue weighted by Gasteiger charge is 2.33. The summed E-state index contributed by atoms with van der Waals surface area (Å²) in [6.07, 6.45) is -4.69. The number of rotatable bonds is 6. The molecule has 0 unspecified atom stereocenters. The molecule has 1 N–H and O–H groups in total. The second-order valence-corrected chi connectivity index (χ2v) is 9.03. The molecule has 0 aliphatic carbocycles. The van der Waals surface area contributed by atoms with Gasteiger partial charge in [0, 0.05) is 6.07 Å². The number of amides is 1. The largest absolute Gasteiger partial charge is 0.416 e. The fraction of sp³-hybridized carbons (Fsp3) is 0.238. The summed E-state index contributed by atoms with van der Waals surface area (Å²) in [4.78, 5) is 12.5. The van der Waals surface area contributed by atoms with Gasteiger partial charge in [-0.2, -0.15) is 13.2 Å². The number of halogens is 3. The fourth-order valence-electron chi connectivity index (χ4n) is 2.99. The summed E-state index contributed by atoms with van der Waals surface area (Å²) in [5, 5.41) is 5.99. The Balaban J connectivity index is 2.07. The lowest BCUT2D eigenvalue weighted by atomic mass is 10.2. The van der Waals surface area contributed by atoms with E-state index in [0.29, 0.717) is 27.3 Å². The summed E-state index contributed by atoms with van der Waals surface area (Å²) < 4.78 is 72.2. The number of nitrogens with zero attached hydrogens (tertiary/aromatic N) is 2. The number of aryl methyl sites for hydroxylation is 3. The summed E-state index contributed by atoms with van der Waals surface area (Å²) in [5.74, 6) is -0.330. The molecule has 0 atom stereocenters. The van der Waals surface area contributed by atoms with E-state index in [1.54, 1.807) is 32.9 Å². The van der Waals surface area contributed by atoms with Gasteiger partial charge in [-0.05, 0) is 56.2 Å². The van der Waals surface area contributed by atoms with Crippen LogP contribution in [0.1, 0.15) is 22.5 Å². The summed E-state index contributed by atoms with van der Waals surface area (Å²) >= 11 is 0. The smallest absolute Gasteiger partial charge is 0.360 e. The first-order chi connectivity index (χ1) is 14.9. The van der Waals surface area contributed by atoms with Crippen molar-refractivity contribution in [3.63, 3.8) is 0 Å². The second-order valence-electron chi connectivity index (χ2n) is 7.20. The van der Waals surface area contributed by atoms with Gasteiger partial charge in [0.05, 0.1) is 16.1 Å². The third-order valence-corrected chi connectivity index (χ3v) is 6.47. The molecule has 0 bridgehead atoms. The molecule has 0 aliphatic heterocycles. The van der Waals surface area contributed by atoms with E-state index in [2.05, 4.69) is 10.5 Å². The Kier molecular flexibility index (Phi) is 6.31. The van der Waals surface area contributed by atoms with E-state index in [0.717, 1.165) is 12.1 Å². The number of alkyl halides is 3. The maximum atomic E-state index is 13.5. The van der Waals surface area contributed by atoms with Crippen molar-refractivity contribution >= 4 is 27.4 Å². The quantitative estimate of drug-likeness (QED) is 0.578. The van der Waals surface area contributed by atoms with Crippen LogP contribution in [0.15, 0.2) is 57.9 Å². The average Bonchev–Trinajstić information content (AvgIpc) is 3.11. The third kappa shape index (κ3) is 5.10. The highest BCUT2D eigenvalue weighted by molar-refractivity contribution is 7.93. The SMILES string of the molecule is Cc1ccc(C)c(S(=O)(=O)N(CC(=O)Nc2cc(C)on2)c2cccc(C(F)(F)F)c2)c1. The Labute approximate surface area is 182 Å². The predicted octanol–water partition coefficient (Wildman–Crippen LogP) is 4.45. The maximum Gasteiger partial charge on any atom is 0.416 e. The van der Waals surface area contributed by atoms with Gasteiger partial charge in [0.15, 0.2) is 5.82 Å². The van der Waals surface area contributed by atoms with E-state index in [1.165, 1.54) is 18.2 Å². The highest BCUT2D eigenvalue weighted by atomic mass is 32.2. The molecule has 0 saturated carbocycles. The van der Waals surface area contributed by atoms with Gasteiger partial charge in [0.25, 0.3) is 10.0 Å². The summed E-state index contributed by atoms with van der Waals surface area (Å²) in [5.41, 5.74) is -0.309. The number of hydrogen-bond acceptors (Lipinski definition) is 5. The van der Waals surface area contributed by atoms with Gasteiger partial charge < -0.3 is 9.84 Å². The molecule has 3 rings (SSSR count). The van der Waals surface area contributed by atoms with Gasteiger partial charge >= 0.3 is 6.18 Å². The standard InChI is InChI=1S/C21H20F3N3O4S/c1-13-7-8-14(2)18(9-13)32(29,30)27(12-20(28)25-19-10-15(3)31-26-19)17-6-4-5-16(11-17)21(22,23)24/h4-11H,12H2,1-3H3,(H,25,26,28). The Morgan fingerprint density at radius 2 is 1.81 bits per heavy atom. The van der Waals surface area contributed by atoms with Gasteiger partial charge in [0.1, 0.15) is 12.3 Å². The average molecular weight is 467 g/mol. The Bertz CT molecular complexity index is 1250. The zero-order valence-electron chi connectivity index (χ0n) is 17.4.